The molecule has 1 atom stereocenters. The molecule has 7 nitrogen and oxygen atoms in total. The summed E-state index contributed by atoms with van der Waals surface area (Å²) in [6.45, 7) is 14.8. The van der Waals surface area contributed by atoms with Crippen molar-refractivity contribution in [2.75, 3.05) is 0 Å². The lowest BCUT2D eigenvalue weighted by molar-refractivity contribution is 0.290. The second kappa shape index (κ2) is 9.86. The summed E-state index contributed by atoms with van der Waals surface area (Å²) in [6.07, 6.45) is 4.05. The van der Waals surface area contributed by atoms with Gasteiger partial charge in [0.1, 0.15) is 0 Å². The maximum atomic E-state index is 4.48. The zero-order valence-corrected chi connectivity index (χ0v) is 19.4. The fourth-order valence-corrected chi connectivity index (χ4v) is 3.58. The fraction of sp³-hybridized carbons (Fsp3) is 0.458. The highest BCUT2D eigenvalue weighted by Gasteiger charge is 2.33. The number of aryl methyl sites for hydroxylation is 1. The number of nitrogens with one attached hydrogen (secondary N) is 1. The van der Waals surface area contributed by atoms with E-state index in [0.29, 0.717) is 13.1 Å². The van der Waals surface area contributed by atoms with Crippen LogP contribution in [0.15, 0.2) is 53.9 Å². The summed E-state index contributed by atoms with van der Waals surface area (Å²) >= 11 is 0. The number of hydrogen-bond donors (Lipinski definition) is 1. The Bertz CT molecular complexity index is 1050. The van der Waals surface area contributed by atoms with E-state index < -0.39 is 0 Å². The summed E-state index contributed by atoms with van der Waals surface area (Å²) in [5.41, 5.74) is 7.76. The number of hydrogen-bond acceptors (Lipinski definition) is 5. The van der Waals surface area contributed by atoms with Crippen molar-refractivity contribution >= 4 is 0 Å². The van der Waals surface area contributed by atoms with Gasteiger partial charge in [0.25, 0.3) is 0 Å². The molecule has 0 bridgehead atoms. The Balaban J connectivity index is 1.94. The van der Waals surface area contributed by atoms with Crippen molar-refractivity contribution in [3.8, 4) is 0 Å². The summed E-state index contributed by atoms with van der Waals surface area (Å²) in [7, 11) is 0. The molecule has 0 spiro atoms. The third-order valence-electron chi connectivity index (χ3n) is 5.47. The molecule has 31 heavy (non-hydrogen) atoms. The topological polar surface area (TPSA) is 73.5 Å². The minimum Gasteiger partial charge on any atom is -0.302 e. The Morgan fingerprint density at radius 2 is 1.94 bits per heavy atom. The Morgan fingerprint density at radius 3 is 2.58 bits per heavy atom. The maximum Gasteiger partial charge on any atom is 0.169 e. The lowest BCUT2D eigenvalue weighted by atomic mass is 9.83. The number of tetrazole rings is 1. The summed E-state index contributed by atoms with van der Waals surface area (Å²) in [5, 5.41) is 20.9. The van der Waals surface area contributed by atoms with Gasteiger partial charge in [0, 0.05) is 29.8 Å². The number of benzene rings is 1. The molecule has 0 saturated carbocycles. The number of aromatic nitrogens is 6. The molecule has 0 fully saturated rings. The van der Waals surface area contributed by atoms with E-state index in [9.17, 15) is 0 Å². The van der Waals surface area contributed by atoms with Crippen molar-refractivity contribution in [3.63, 3.8) is 0 Å². The molecule has 2 aromatic heterocycles. The third kappa shape index (κ3) is 5.57. The van der Waals surface area contributed by atoms with Gasteiger partial charge in [-0.15, -0.1) is 10.8 Å². The monoisotopic (exact) mass is 419 g/mol. The predicted octanol–water partition coefficient (Wildman–Crippen LogP) is 4.22. The molecule has 0 radical (unpaired) electrons. The second-order valence-electron chi connectivity index (χ2n) is 8.68. The van der Waals surface area contributed by atoms with Crippen LogP contribution in [0, 0.1) is 12.3 Å². The highest BCUT2D eigenvalue weighted by molar-refractivity contribution is 5.19. The van der Waals surface area contributed by atoms with Crippen LogP contribution in [-0.4, -0.2) is 30.0 Å². The zero-order chi connectivity index (χ0) is 22.4. The van der Waals surface area contributed by atoms with Crippen LogP contribution < -0.4 is 5.32 Å². The molecule has 164 valence electrons. The van der Waals surface area contributed by atoms with Crippen molar-refractivity contribution in [1.82, 2.24) is 35.3 Å². The van der Waals surface area contributed by atoms with E-state index in [2.05, 4.69) is 91.4 Å². The zero-order valence-electron chi connectivity index (χ0n) is 19.4. The van der Waals surface area contributed by atoms with E-state index in [1.54, 1.807) is 0 Å². The molecule has 1 unspecified atom stereocenters. The molecule has 0 aliphatic heterocycles. The van der Waals surface area contributed by atoms with Gasteiger partial charge in [-0.3, -0.25) is 4.68 Å². The average molecular weight is 420 g/mol. The van der Waals surface area contributed by atoms with E-state index in [-0.39, 0.29) is 11.5 Å². The van der Waals surface area contributed by atoms with Gasteiger partial charge in [-0.05, 0) is 55.3 Å². The Hall–Kier alpha value is -3.02. The lowest BCUT2D eigenvalue weighted by Gasteiger charge is -2.31. The van der Waals surface area contributed by atoms with E-state index >= 15 is 0 Å². The van der Waals surface area contributed by atoms with Crippen LogP contribution in [0.1, 0.15) is 63.3 Å². The first kappa shape index (κ1) is 22.7. The van der Waals surface area contributed by atoms with Crippen molar-refractivity contribution in [2.24, 2.45) is 5.41 Å². The fourth-order valence-electron chi connectivity index (χ4n) is 3.58. The van der Waals surface area contributed by atoms with Crippen LogP contribution in [-0.2, 0) is 19.6 Å². The molecule has 0 saturated heterocycles. The van der Waals surface area contributed by atoms with Crippen molar-refractivity contribution < 1.29 is 0 Å². The molecule has 1 aromatic carbocycles. The Kier molecular flexibility index (Phi) is 7.21. The normalized spacial score (nSPS) is 12.5. The van der Waals surface area contributed by atoms with Crippen molar-refractivity contribution in [1.29, 1.82) is 0 Å². The molecular formula is C24H33N7. The first-order valence-corrected chi connectivity index (χ1v) is 10.8. The molecule has 1 N–H and O–H groups in total. The van der Waals surface area contributed by atoms with E-state index in [4.69, 9.17) is 0 Å². The highest BCUT2D eigenvalue weighted by Crippen LogP contribution is 2.34. The molecule has 0 amide bonds. The summed E-state index contributed by atoms with van der Waals surface area (Å²) in [6, 6.07) is 10.1. The predicted molar refractivity (Wildman–Crippen MR) is 122 cm³/mol. The van der Waals surface area contributed by atoms with E-state index in [1.165, 1.54) is 11.3 Å². The van der Waals surface area contributed by atoms with Gasteiger partial charge in [0.05, 0.1) is 18.8 Å². The Labute approximate surface area is 184 Å². The standard InChI is InChI=1S/C24H33N7/c1-7-30-19(4)21(16-26-30)15-25-22(24(5,6)14-13-18(2)3)23-27-28-29-31(23)17-20-11-9-8-10-12-20/h8-12,14,16,22,25H,7,15,17H2,1-6H3. The first-order chi connectivity index (χ1) is 14.8. The van der Waals surface area contributed by atoms with Crippen LogP contribution in [0.3, 0.4) is 0 Å². The third-order valence-corrected chi connectivity index (χ3v) is 5.47. The minimum absolute atomic E-state index is 0.109. The molecular weight excluding hydrogens is 386 g/mol. The summed E-state index contributed by atoms with van der Waals surface area (Å²) in [4.78, 5) is 0. The first-order valence-electron chi connectivity index (χ1n) is 10.8. The SMILES string of the molecule is CCn1ncc(CNC(c2nnnn2Cc2ccccc2)C(C)(C)C=C=C(C)C)c1C. The molecule has 7 heteroatoms. The summed E-state index contributed by atoms with van der Waals surface area (Å²) in [5.74, 6) is 0.807. The van der Waals surface area contributed by atoms with Gasteiger partial charge in [-0.2, -0.15) is 5.10 Å². The van der Waals surface area contributed by atoms with Crippen molar-refractivity contribution in [2.45, 2.75) is 67.2 Å². The average Bonchev–Trinajstić information content (AvgIpc) is 3.34. The number of nitrogens with zero attached hydrogens (tertiary/aromatic N) is 6. The van der Waals surface area contributed by atoms with Gasteiger partial charge in [0.2, 0.25) is 0 Å². The van der Waals surface area contributed by atoms with Gasteiger partial charge < -0.3 is 5.32 Å². The van der Waals surface area contributed by atoms with Gasteiger partial charge in [0.15, 0.2) is 5.82 Å². The largest absolute Gasteiger partial charge is 0.302 e. The van der Waals surface area contributed by atoms with Crippen LogP contribution in [0.4, 0.5) is 0 Å². The van der Waals surface area contributed by atoms with Gasteiger partial charge in [-0.25, -0.2) is 4.68 Å². The van der Waals surface area contributed by atoms with Crippen molar-refractivity contribution in [3.05, 3.63) is 76.6 Å². The second-order valence-corrected chi connectivity index (χ2v) is 8.68. The molecule has 3 aromatic rings. The molecule has 0 aliphatic carbocycles. The molecule has 0 aliphatic rings. The Morgan fingerprint density at radius 1 is 1.19 bits per heavy atom. The smallest absolute Gasteiger partial charge is 0.169 e. The van der Waals surface area contributed by atoms with Gasteiger partial charge in [-0.1, -0.05) is 44.2 Å². The summed E-state index contributed by atoms with van der Waals surface area (Å²) < 4.78 is 3.90. The highest BCUT2D eigenvalue weighted by atomic mass is 15.5. The van der Waals surface area contributed by atoms with Crippen LogP contribution >= 0.6 is 0 Å². The van der Waals surface area contributed by atoms with Crippen LogP contribution in [0.2, 0.25) is 0 Å². The lowest BCUT2D eigenvalue weighted by Crippen LogP contribution is -2.35. The van der Waals surface area contributed by atoms with Crippen LogP contribution in [0.5, 0.6) is 0 Å². The minimum atomic E-state index is -0.269. The van der Waals surface area contributed by atoms with Gasteiger partial charge >= 0.3 is 0 Å². The molecule has 2 heterocycles. The molecule has 3 rings (SSSR count). The maximum absolute atomic E-state index is 4.48. The quantitative estimate of drug-likeness (QED) is 0.526. The van der Waals surface area contributed by atoms with Crippen LogP contribution in [0.25, 0.3) is 0 Å². The van der Waals surface area contributed by atoms with E-state index in [0.717, 1.165) is 23.5 Å². The van der Waals surface area contributed by atoms with E-state index in [1.807, 2.05) is 33.8 Å². The number of rotatable bonds is 9.